The van der Waals surface area contributed by atoms with Crippen molar-refractivity contribution < 1.29 is 0 Å². The Labute approximate surface area is 104 Å². The highest BCUT2D eigenvalue weighted by molar-refractivity contribution is 8.29. The van der Waals surface area contributed by atoms with E-state index in [9.17, 15) is 0 Å². The number of hydrogen-bond donors (Lipinski definition) is 2. The third-order valence-electron chi connectivity index (χ3n) is 2.87. The van der Waals surface area contributed by atoms with E-state index >= 15 is 0 Å². The number of fused-ring (bicyclic) bond motifs is 1. The van der Waals surface area contributed by atoms with Gasteiger partial charge in [-0.05, 0) is 17.7 Å². The van der Waals surface area contributed by atoms with Gasteiger partial charge < -0.3 is 5.73 Å². The van der Waals surface area contributed by atoms with Gasteiger partial charge in [-0.1, -0.05) is 42.5 Å². The van der Waals surface area contributed by atoms with Gasteiger partial charge in [0.2, 0.25) is 0 Å². The van der Waals surface area contributed by atoms with Crippen LogP contribution in [0.4, 0.5) is 5.69 Å². The molecular weight excluding hydrogens is 228 g/mol. The largest absolute Gasteiger partial charge is 0.379 e. The Kier molecular flexibility index (Phi) is 2.61. The molecule has 2 nitrogen and oxygen atoms in total. The average molecular weight is 242 g/mol. The van der Waals surface area contributed by atoms with Crippen molar-refractivity contribution in [3.05, 3.63) is 60.2 Å². The molecule has 1 aliphatic heterocycles. The molecule has 0 aliphatic carbocycles. The molecule has 1 unspecified atom stereocenters. The van der Waals surface area contributed by atoms with Gasteiger partial charge in [-0.15, -0.1) is 0 Å². The minimum atomic E-state index is -0.471. The van der Waals surface area contributed by atoms with Crippen LogP contribution in [-0.2, 0) is 5.75 Å². The highest BCUT2D eigenvalue weighted by atomic mass is 32.2. The van der Waals surface area contributed by atoms with Crippen LogP contribution in [0.3, 0.4) is 0 Å². The van der Waals surface area contributed by atoms with Crippen molar-refractivity contribution in [1.29, 1.82) is 0 Å². The SMILES string of the molecule is NC1=Nc2ccccc2[SH]1Cc1ccccc1. The molecule has 0 amide bonds. The molecule has 0 saturated heterocycles. The van der Waals surface area contributed by atoms with Crippen LogP contribution in [0, 0.1) is 0 Å². The van der Waals surface area contributed by atoms with E-state index in [0.29, 0.717) is 0 Å². The minimum Gasteiger partial charge on any atom is -0.379 e. The van der Waals surface area contributed by atoms with Gasteiger partial charge >= 0.3 is 0 Å². The van der Waals surface area contributed by atoms with E-state index in [1.54, 1.807) is 0 Å². The zero-order chi connectivity index (χ0) is 11.7. The lowest BCUT2D eigenvalue weighted by Gasteiger charge is -2.16. The Morgan fingerprint density at radius 3 is 2.47 bits per heavy atom. The molecule has 2 N–H and O–H groups in total. The molecule has 1 aliphatic rings. The maximum atomic E-state index is 6.06. The smallest absolute Gasteiger partial charge is 0.143 e. The van der Waals surface area contributed by atoms with Crippen LogP contribution in [0.25, 0.3) is 0 Å². The maximum absolute atomic E-state index is 6.06. The van der Waals surface area contributed by atoms with Gasteiger partial charge in [0.1, 0.15) is 5.17 Å². The zero-order valence-corrected chi connectivity index (χ0v) is 10.3. The molecule has 1 atom stereocenters. The summed E-state index contributed by atoms with van der Waals surface area (Å²) in [7, 11) is -0.471. The molecule has 0 fully saturated rings. The van der Waals surface area contributed by atoms with Gasteiger partial charge in [0.15, 0.2) is 0 Å². The molecule has 0 aromatic heterocycles. The Bertz CT molecular complexity index is 563. The van der Waals surface area contributed by atoms with E-state index in [1.165, 1.54) is 10.5 Å². The van der Waals surface area contributed by atoms with Crippen molar-refractivity contribution in [2.24, 2.45) is 10.7 Å². The molecule has 2 aromatic rings. The second-order valence-corrected chi connectivity index (χ2v) is 6.14. The number of aliphatic imine (C=N–C) groups is 1. The Morgan fingerprint density at radius 1 is 0.941 bits per heavy atom. The fourth-order valence-electron chi connectivity index (χ4n) is 2.03. The summed E-state index contributed by atoms with van der Waals surface area (Å²) in [6.45, 7) is 0. The molecular formula is C14H14N2S. The van der Waals surface area contributed by atoms with Crippen molar-refractivity contribution >= 4 is 21.8 Å². The van der Waals surface area contributed by atoms with Crippen molar-refractivity contribution in [2.75, 3.05) is 0 Å². The second kappa shape index (κ2) is 4.26. The number of nitrogens with zero attached hydrogens (tertiary/aromatic N) is 1. The summed E-state index contributed by atoms with van der Waals surface area (Å²) in [6, 6.07) is 18.7. The van der Waals surface area contributed by atoms with Gasteiger partial charge in [-0.25, -0.2) is 4.99 Å². The highest BCUT2D eigenvalue weighted by Gasteiger charge is 2.21. The lowest BCUT2D eigenvalue weighted by Crippen LogP contribution is -2.09. The van der Waals surface area contributed by atoms with Gasteiger partial charge in [0, 0.05) is 10.6 Å². The molecule has 86 valence electrons. The maximum Gasteiger partial charge on any atom is 0.143 e. The predicted molar refractivity (Wildman–Crippen MR) is 75.1 cm³/mol. The minimum absolute atomic E-state index is 0.471. The molecule has 0 spiro atoms. The van der Waals surface area contributed by atoms with Crippen LogP contribution >= 0.6 is 10.9 Å². The molecule has 3 heteroatoms. The summed E-state index contributed by atoms with van der Waals surface area (Å²) in [4.78, 5) is 5.76. The summed E-state index contributed by atoms with van der Waals surface area (Å²) in [5.74, 6) is 0.989. The van der Waals surface area contributed by atoms with Crippen LogP contribution < -0.4 is 5.73 Å². The average Bonchev–Trinajstić information content (AvgIpc) is 2.68. The zero-order valence-electron chi connectivity index (χ0n) is 9.38. The Balaban J connectivity index is 1.93. The fourth-order valence-corrected chi connectivity index (χ4v) is 4.08. The molecule has 1 heterocycles. The van der Waals surface area contributed by atoms with E-state index < -0.39 is 10.9 Å². The third-order valence-corrected chi connectivity index (χ3v) is 5.16. The first-order valence-corrected chi connectivity index (χ1v) is 7.12. The summed E-state index contributed by atoms with van der Waals surface area (Å²) >= 11 is 0. The number of benzene rings is 2. The van der Waals surface area contributed by atoms with E-state index in [2.05, 4.69) is 41.4 Å². The molecule has 2 aromatic carbocycles. The number of amidine groups is 1. The lowest BCUT2D eigenvalue weighted by molar-refractivity contribution is 1.36. The lowest BCUT2D eigenvalue weighted by atomic mass is 10.2. The standard InChI is InChI=1S/C14H14N2S/c15-14-16-12-8-4-5-9-13(12)17(14)10-11-6-2-1-3-7-11/h1-9,17H,10H2,(H2,15,16). The number of para-hydroxylation sites is 1. The quantitative estimate of drug-likeness (QED) is 0.780. The third kappa shape index (κ3) is 1.94. The van der Waals surface area contributed by atoms with E-state index in [-0.39, 0.29) is 0 Å². The molecule has 17 heavy (non-hydrogen) atoms. The van der Waals surface area contributed by atoms with Crippen LogP contribution in [-0.4, -0.2) is 5.17 Å². The number of hydrogen-bond acceptors (Lipinski definition) is 2. The van der Waals surface area contributed by atoms with Crippen molar-refractivity contribution in [3.8, 4) is 0 Å². The van der Waals surface area contributed by atoms with E-state index in [1.807, 2.05) is 18.2 Å². The summed E-state index contributed by atoms with van der Waals surface area (Å²) in [6.07, 6.45) is 0. The first kappa shape index (κ1) is 10.4. The summed E-state index contributed by atoms with van der Waals surface area (Å²) in [5.41, 5.74) is 8.43. The first-order chi connectivity index (χ1) is 8.34. The summed E-state index contributed by atoms with van der Waals surface area (Å²) in [5, 5.41) is 0.796. The predicted octanol–water partition coefficient (Wildman–Crippen LogP) is 3.21. The van der Waals surface area contributed by atoms with E-state index in [4.69, 9.17) is 5.73 Å². The monoisotopic (exact) mass is 242 g/mol. The van der Waals surface area contributed by atoms with Gasteiger partial charge in [-0.2, -0.15) is 10.9 Å². The molecule has 0 radical (unpaired) electrons. The second-order valence-electron chi connectivity index (χ2n) is 4.03. The molecule has 3 rings (SSSR count). The number of nitrogens with two attached hydrogens (primary N) is 1. The van der Waals surface area contributed by atoms with E-state index in [0.717, 1.165) is 16.6 Å². The van der Waals surface area contributed by atoms with Crippen LogP contribution in [0.15, 0.2) is 64.5 Å². The van der Waals surface area contributed by atoms with Crippen molar-refractivity contribution in [2.45, 2.75) is 10.6 Å². The van der Waals surface area contributed by atoms with Crippen molar-refractivity contribution in [1.82, 2.24) is 0 Å². The molecule has 0 bridgehead atoms. The van der Waals surface area contributed by atoms with Crippen LogP contribution in [0.1, 0.15) is 5.56 Å². The molecule has 0 saturated carbocycles. The fraction of sp³-hybridized carbons (Fsp3) is 0.0714. The first-order valence-electron chi connectivity index (χ1n) is 5.59. The normalized spacial score (nSPS) is 19.8. The highest BCUT2D eigenvalue weighted by Crippen LogP contribution is 2.49. The van der Waals surface area contributed by atoms with Crippen LogP contribution in [0.2, 0.25) is 0 Å². The van der Waals surface area contributed by atoms with Gasteiger partial charge in [0.25, 0.3) is 0 Å². The van der Waals surface area contributed by atoms with Gasteiger partial charge in [-0.3, -0.25) is 0 Å². The summed E-state index contributed by atoms with van der Waals surface area (Å²) < 4.78 is 0. The number of rotatable bonds is 2. The van der Waals surface area contributed by atoms with Gasteiger partial charge in [0.05, 0.1) is 5.69 Å². The Morgan fingerprint density at radius 2 is 1.65 bits per heavy atom. The number of thiol groups is 1. The van der Waals surface area contributed by atoms with Crippen molar-refractivity contribution in [3.63, 3.8) is 0 Å². The topological polar surface area (TPSA) is 38.4 Å². The Hall–Kier alpha value is -1.74. The van der Waals surface area contributed by atoms with Crippen LogP contribution in [0.5, 0.6) is 0 Å².